The average Bonchev–Trinajstić information content (AvgIpc) is 2.97. The molecular weight excluding hydrogens is 690 g/mol. The molecule has 1 heterocycles. The van der Waals surface area contributed by atoms with Gasteiger partial charge in [0.05, 0.1) is 23.6 Å². The van der Waals surface area contributed by atoms with Crippen LogP contribution in [0.4, 0.5) is 35.1 Å². The van der Waals surface area contributed by atoms with Gasteiger partial charge in [-0.25, -0.2) is 8.78 Å². The van der Waals surface area contributed by atoms with E-state index in [-0.39, 0.29) is 53.0 Å². The van der Waals surface area contributed by atoms with Gasteiger partial charge < -0.3 is 19.9 Å². The Hall–Kier alpha value is -4.27. The van der Waals surface area contributed by atoms with Crippen molar-refractivity contribution in [3.05, 3.63) is 91.4 Å². The minimum Gasteiger partial charge on any atom is -0.481 e. The van der Waals surface area contributed by atoms with Crippen LogP contribution < -0.4 is 10.9 Å². The third-order valence-corrected chi connectivity index (χ3v) is 8.56. The average molecular weight is 732 g/mol. The summed E-state index contributed by atoms with van der Waals surface area (Å²) in [5.41, 5.74) is -5.72. The van der Waals surface area contributed by atoms with Crippen molar-refractivity contribution in [2.75, 3.05) is 20.6 Å². The lowest BCUT2D eigenvalue weighted by Gasteiger charge is -2.27. The number of nitrogens with zero attached hydrogens (tertiary/aromatic N) is 2. The number of carboxylic acids is 1. The molecule has 7 nitrogen and oxygen atoms in total. The van der Waals surface area contributed by atoms with Gasteiger partial charge in [0.2, 0.25) is 5.91 Å². The highest BCUT2D eigenvalue weighted by molar-refractivity contribution is 5.82. The van der Waals surface area contributed by atoms with Crippen molar-refractivity contribution in [3.8, 4) is 11.1 Å². The monoisotopic (exact) mass is 731 g/mol. The topological polar surface area (TPSA) is 91.6 Å². The number of alkyl halides is 6. The molecule has 0 spiro atoms. The van der Waals surface area contributed by atoms with E-state index in [4.69, 9.17) is 0 Å². The number of hydrogen-bond acceptors (Lipinski definition) is 4. The number of rotatable bonds is 13. The van der Waals surface area contributed by atoms with Crippen LogP contribution in [0.1, 0.15) is 84.1 Å². The molecular formula is C36H41F8N3O4. The van der Waals surface area contributed by atoms with Crippen molar-refractivity contribution in [2.24, 2.45) is 5.92 Å². The van der Waals surface area contributed by atoms with E-state index in [9.17, 15) is 45.8 Å². The number of carbonyl (C=O) groups excluding carboxylic acids is 1. The van der Waals surface area contributed by atoms with Crippen LogP contribution >= 0.6 is 0 Å². The Morgan fingerprint density at radius 1 is 0.922 bits per heavy atom. The number of aryl methyl sites for hydroxylation is 3. The number of nitrogens with one attached hydrogen (secondary N) is 1. The molecule has 1 amide bonds. The lowest BCUT2D eigenvalue weighted by molar-refractivity contribution is -0.139. The number of aliphatic carboxylic acids is 1. The zero-order chi connectivity index (χ0) is 38.7. The van der Waals surface area contributed by atoms with E-state index in [0.717, 1.165) is 35.9 Å². The molecule has 0 saturated heterocycles. The summed E-state index contributed by atoms with van der Waals surface area (Å²) in [5, 5.41) is 12.0. The Morgan fingerprint density at radius 3 is 2.06 bits per heavy atom. The van der Waals surface area contributed by atoms with E-state index < -0.39 is 82.2 Å². The molecule has 2 N–H and O–H groups in total. The minimum atomic E-state index is -4.89. The maximum Gasteiger partial charge on any atom is 0.416 e. The Balaban J connectivity index is 2.22. The summed E-state index contributed by atoms with van der Waals surface area (Å²) in [5.74, 6) is -5.74. The number of amides is 1. The largest absolute Gasteiger partial charge is 0.481 e. The fourth-order valence-corrected chi connectivity index (χ4v) is 6.20. The van der Waals surface area contributed by atoms with Crippen molar-refractivity contribution < 1.29 is 49.8 Å². The summed E-state index contributed by atoms with van der Waals surface area (Å²) in [6, 6.07) is -0.169. The van der Waals surface area contributed by atoms with Gasteiger partial charge in [0.15, 0.2) is 0 Å². The fourth-order valence-electron chi connectivity index (χ4n) is 6.20. The third kappa shape index (κ3) is 9.75. The summed E-state index contributed by atoms with van der Waals surface area (Å²) in [6.45, 7) is 7.47. The molecule has 280 valence electrons. The van der Waals surface area contributed by atoms with E-state index >= 15 is 8.78 Å². The Labute approximate surface area is 290 Å². The van der Waals surface area contributed by atoms with Crippen LogP contribution in [-0.4, -0.2) is 47.1 Å². The van der Waals surface area contributed by atoms with Crippen LogP contribution in [0, 0.1) is 38.3 Å². The highest BCUT2D eigenvalue weighted by atomic mass is 19.4. The van der Waals surface area contributed by atoms with Crippen LogP contribution in [0.25, 0.3) is 11.1 Å². The molecule has 2 atom stereocenters. The molecule has 0 aliphatic heterocycles. The van der Waals surface area contributed by atoms with Crippen LogP contribution in [0.5, 0.6) is 0 Å². The summed E-state index contributed by atoms with van der Waals surface area (Å²) in [4.78, 5) is 40.9. The van der Waals surface area contributed by atoms with Gasteiger partial charge in [-0.05, 0) is 107 Å². The van der Waals surface area contributed by atoms with Crippen LogP contribution in [0.15, 0.2) is 35.3 Å². The minimum absolute atomic E-state index is 0.109. The number of benzene rings is 2. The molecule has 3 aromatic rings. The number of carbonyl (C=O) groups is 2. The van der Waals surface area contributed by atoms with Gasteiger partial charge in [0.1, 0.15) is 17.7 Å². The van der Waals surface area contributed by atoms with Crippen LogP contribution in [-0.2, 0) is 28.4 Å². The predicted molar refractivity (Wildman–Crippen MR) is 175 cm³/mol. The molecule has 0 aliphatic carbocycles. The quantitative estimate of drug-likeness (QED) is 0.173. The molecule has 0 aliphatic rings. The molecule has 15 heteroatoms. The molecule has 0 saturated carbocycles. The molecule has 0 fully saturated rings. The second kappa shape index (κ2) is 16.0. The second-order valence-electron chi connectivity index (χ2n) is 13.4. The highest BCUT2D eigenvalue weighted by Crippen LogP contribution is 2.41. The second-order valence-corrected chi connectivity index (χ2v) is 13.4. The molecule has 1 aromatic heterocycles. The van der Waals surface area contributed by atoms with Crippen LogP contribution in [0.2, 0.25) is 0 Å². The first-order valence-electron chi connectivity index (χ1n) is 16.1. The van der Waals surface area contributed by atoms with E-state index in [0.29, 0.717) is 12.6 Å². The maximum atomic E-state index is 16.5. The first-order chi connectivity index (χ1) is 23.4. The van der Waals surface area contributed by atoms with Gasteiger partial charge in [-0.15, -0.1) is 0 Å². The summed E-state index contributed by atoms with van der Waals surface area (Å²) in [6.07, 6.45) is -9.82. The summed E-state index contributed by atoms with van der Waals surface area (Å²) in [7, 11) is 3.46. The molecule has 3 rings (SSSR count). The van der Waals surface area contributed by atoms with Crippen molar-refractivity contribution in [3.63, 3.8) is 0 Å². The lowest BCUT2D eigenvalue weighted by atomic mass is 9.87. The smallest absolute Gasteiger partial charge is 0.416 e. The van der Waals surface area contributed by atoms with E-state index in [2.05, 4.69) is 5.32 Å². The molecule has 1 unspecified atom stereocenters. The van der Waals surface area contributed by atoms with E-state index in [1.807, 2.05) is 0 Å². The van der Waals surface area contributed by atoms with Crippen molar-refractivity contribution >= 4 is 11.9 Å². The van der Waals surface area contributed by atoms with E-state index in [1.165, 1.54) is 13.8 Å². The Bertz CT molecular complexity index is 1830. The lowest BCUT2D eigenvalue weighted by Crippen LogP contribution is -2.41. The SMILES string of the molecule is Cc1cc(-c2c(C)ccc(C(F)(F)F)c2C)c(F)c([C@H](CC(=O)O)NC(=O)C(CC(C)C)n2cc(CCCN(C)C)c(C(F)(F)F)cc2=O)c1F. The van der Waals surface area contributed by atoms with E-state index in [1.54, 1.807) is 32.8 Å². The van der Waals surface area contributed by atoms with Gasteiger partial charge in [-0.2, -0.15) is 26.3 Å². The number of aromatic nitrogens is 1. The van der Waals surface area contributed by atoms with Gasteiger partial charge in [0.25, 0.3) is 5.56 Å². The van der Waals surface area contributed by atoms with Crippen molar-refractivity contribution in [1.29, 1.82) is 0 Å². The Morgan fingerprint density at radius 2 is 1.53 bits per heavy atom. The molecule has 51 heavy (non-hydrogen) atoms. The molecule has 2 aromatic carbocycles. The molecule has 0 radical (unpaired) electrons. The van der Waals surface area contributed by atoms with Gasteiger partial charge >= 0.3 is 18.3 Å². The first-order valence-corrected chi connectivity index (χ1v) is 16.1. The number of halogens is 8. The third-order valence-electron chi connectivity index (χ3n) is 8.56. The van der Waals surface area contributed by atoms with Crippen LogP contribution in [0.3, 0.4) is 0 Å². The first kappa shape index (κ1) is 41.2. The normalized spacial score (nSPS) is 13.5. The zero-order valence-corrected chi connectivity index (χ0v) is 29.2. The number of carboxylic acid groups (broad SMARTS) is 1. The van der Waals surface area contributed by atoms with Gasteiger partial charge in [-0.1, -0.05) is 19.9 Å². The number of hydrogen-bond donors (Lipinski definition) is 2. The standard InChI is InChI=1S/C36H41F8N3O4/c1-18(2)13-27(47-17-22(9-8-12-46(6)7)25(15-28(47)48)36(42,43)44)34(51)45-26(16-29(49)50)31-32(37)20(4)14-23(33(31)38)30-19(3)10-11-24(21(30)5)35(39,40)41/h10-11,14-15,17-18,26-27H,8-9,12-13,16H2,1-7H3,(H,45,51)(H,49,50)/t26-,27?/m0/s1. The summed E-state index contributed by atoms with van der Waals surface area (Å²) < 4.78 is 116. The summed E-state index contributed by atoms with van der Waals surface area (Å²) >= 11 is 0. The molecule has 0 bridgehead atoms. The van der Waals surface area contributed by atoms with Gasteiger partial charge in [0, 0.05) is 23.4 Å². The Kier molecular flexibility index (Phi) is 12.9. The number of pyridine rings is 1. The van der Waals surface area contributed by atoms with Crippen molar-refractivity contribution in [2.45, 2.75) is 84.7 Å². The highest BCUT2D eigenvalue weighted by Gasteiger charge is 2.37. The van der Waals surface area contributed by atoms with Gasteiger partial charge in [-0.3, -0.25) is 14.4 Å². The predicted octanol–water partition coefficient (Wildman–Crippen LogP) is 8.17. The maximum absolute atomic E-state index is 16.5. The fraction of sp³-hybridized carbons (Fsp3) is 0.472. The zero-order valence-electron chi connectivity index (χ0n) is 29.2. The van der Waals surface area contributed by atoms with Crippen molar-refractivity contribution in [1.82, 2.24) is 14.8 Å².